The lowest BCUT2D eigenvalue weighted by Gasteiger charge is -2.22. The number of carbonyl (C=O) groups excluding carboxylic acids is 1. The summed E-state index contributed by atoms with van der Waals surface area (Å²) in [5.74, 6) is 1.92. The first-order valence-electron chi connectivity index (χ1n) is 9.32. The molecule has 0 bridgehead atoms. The lowest BCUT2D eigenvalue weighted by molar-refractivity contribution is -0.121. The number of rotatable bonds is 5. The molecule has 30 heavy (non-hydrogen) atoms. The second kappa shape index (κ2) is 9.02. The molecule has 0 N–H and O–H groups in total. The molecule has 0 saturated carbocycles. The van der Waals surface area contributed by atoms with Crippen molar-refractivity contribution in [2.24, 2.45) is 0 Å². The summed E-state index contributed by atoms with van der Waals surface area (Å²) in [6.45, 7) is 2.58. The number of ether oxygens (including phenoxy) is 1. The van der Waals surface area contributed by atoms with Crippen LogP contribution in [0.4, 0.5) is 0 Å². The van der Waals surface area contributed by atoms with Crippen LogP contribution >= 0.6 is 47.2 Å². The van der Waals surface area contributed by atoms with Gasteiger partial charge in [-0.2, -0.15) is 0 Å². The summed E-state index contributed by atoms with van der Waals surface area (Å²) < 4.78 is 11.9. The van der Waals surface area contributed by atoms with Gasteiger partial charge < -0.3 is 9.15 Å². The Morgan fingerprint density at radius 2 is 2.07 bits per heavy atom. The molecule has 1 aliphatic carbocycles. The highest BCUT2D eigenvalue weighted by molar-refractivity contribution is 8.26. The van der Waals surface area contributed by atoms with Gasteiger partial charge in [0.1, 0.15) is 11.5 Å². The van der Waals surface area contributed by atoms with Crippen LogP contribution in [0.3, 0.4) is 0 Å². The third-order valence-corrected chi connectivity index (χ3v) is 6.45. The number of amides is 1. The Hall–Kier alpha value is -1.99. The van der Waals surface area contributed by atoms with Gasteiger partial charge in [0.15, 0.2) is 4.32 Å². The number of carbonyl (C=O) groups is 1. The van der Waals surface area contributed by atoms with Gasteiger partial charge in [-0.25, -0.2) is 0 Å². The van der Waals surface area contributed by atoms with Gasteiger partial charge in [-0.1, -0.05) is 47.2 Å². The number of thioether (sulfide) groups is 1. The van der Waals surface area contributed by atoms with Crippen LogP contribution in [0.1, 0.15) is 25.5 Å². The van der Waals surface area contributed by atoms with Gasteiger partial charge in [0.2, 0.25) is 0 Å². The van der Waals surface area contributed by atoms with Crippen LogP contribution < -0.4 is 0 Å². The Balaban J connectivity index is 1.55. The highest BCUT2D eigenvalue weighted by atomic mass is 35.5. The lowest BCUT2D eigenvalue weighted by Crippen LogP contribution is -2.28. The quantitative estimate of drug-likeness (QED) is 0.340. The van der Waals surface area contributed by atoms with Gasteiger partial charge in [-0.3, -0.25) is 9.69 Å². The smallest absolute Gasteiger partial charge is 0.270 e. The third kappa shape index (κ3) is 4.37. The fraction of sp³-hybridized carbons (Fsp3) is 0.182. The molecule has 4 rings (SSSR count). The molecule has 0 spiro atoms. The Morgan fingerprint density at radius 1 is 1.23 bits per heavy atom. The maximum absolute atomic E-state index is 13.0. The molecule has 1 fully saturated rings. The first kappa shape index (κ1) is 21.2. The molecule has 154 valence electrons. The van der Waals surface area contributed by atoms with Crippen LogP contribution in [0.2, 0.25) is 10.0 Å². The summed E-state index contributed by atoms with van der Waals surface area (Å²) in [6, 6.07) is 8.82. The van der Waals surface area contributed by atoms with E-state index in [9.17, 15) is 4.79 Å². The van der Waals surface area contributed by atoms with Gasteiger partial charge in [0.25, 0.3) is 5.91 Å². The van der Waals surface area contributed by atoms with Crippen LogP contribution in [0.25, 0.3) is 17.4 Å². The Kier molecular flexibility index (Phi) is 6.39. The first-order chi connectivity index (χ1) is 14.5. The SMILES string of the molecule is CCOC1=CC=C(N2C(=O)/C(=C\c3ccc(-c4ccc(Cl)cc4Cl)o3)SC2=S)CC1. The summed E-state index contributed by atoms with van der Waals surface area (Å²) in [5, 5.41) is 1.05. The molecule has 1 saturated heterocycles. The van der Waals surface area contributed by atoms with Crippen LogP contribution in [0, 0.1) is 0 Å². The second-order valence-corrected chi connectivity index (χ2v) is 9.09. The lowest BCUT2D eigenvalue weighted by atomic mass is 10.1. The van der Waals surface area contributed by atoms with E-state index in [0.29, 0.717) is 43.8 Å². The fourth-order valence-corrected chi connectivity index (χ4v) is 5.01. The van der Waals surface area contributed by atoms with E-state index in [4.69, 9.17) is 44.6 Å². The number of hydrogen-bond donors (Lipinski definition) is 0. The van der Waals surface area contributed by atoms with Crippen molar-refractivity contribution in [3.63, 3.8) is 0 Å². The molecular weight excluding hydrogens is 461 g/mol. The maximum atomic E-state index is 13.0. The standard InChI is InChI=1S/C22H17Cl2NO3S2/c1-2-27-15-6-4-14(5-7-15)25-21(26)20(30-22(25)29)12-16-8-10-19(28-16)17-9-3-13(23)11-18(17)24/h3-4,6,8-12H,2,5,7H2,1H3/b20-12+. The number of thiocarbonyl (C=S) groups is 1. The van der Waals surface area contributed by atoms with E-state index in [1.54, 1.807) is 35.2 Å². The maximum Gasteiger partial charge on any atom is 0.270 e. The van der Waals surface area contributed by atoms with Gasteiger partial charge in [0.05, 0.1) is 22.3 Å². The molecule has 4 nitrogen and oxygen atoms in total. The van der Waals surface area contributed by atoms with Crippen molar-refractivity contribution < 1.29 is 13.9 Å². The van der Waals surface area contributed by atoms with E-state index in [0.717, 1.165) is 23.4 Å². The van der Waals surface area contributed by atoms with E-state index >= 15 is 0 Å². The molecule has 0 atom stereocenters. The van der Waals surface area contributed by atoms with Crippen LogP contribution in [0.15, 0.2) is 63.3 Å². The zero-order valence-electron chi connectivity index (χ0n) is 16.0. The topological polar surface area (TPSA) is 42.7 Å². The summed E-state index contributed by atoms with van der Waals surface area (Å²) >= 11 is 18.9. The van der Waals surface area contributed by atoms with Crippen molar-refractivity contribution in [1.82, 2.24) is 4.90 Å². The zero-order valence-corrected chi connectivity index (χ0v) is 19.1. The summed E-state index contributed by atoms with van der Waals surface area (Å²) in [5.41, 5.74) is 1.61. The highest BCUT2D eigenvalue weighted by Gasteiger charge is 2.35. The molecule has 2 aliphatic rings. The van der Waals surface area contributed by atoms with Gasteiger partial charge in [0, 0.05) is 28.8 Å². The molecule has 1 amide bonds. The molecule has 8 heteroatoms. The van der Waals surface area contributed by atoms with Crippen molar-refractivity contribution in [1.29, 1.82) is 0 Å². The Bertz CT molecular complexity index is 1120. The van der Waals surface area contributed by atoms with Crippen LogP contribution in [-0.2, 0) is 9.53 Å². The highest BCUT2D eigenvalue weighted by Crippen LogP contribution is 2.38. The van der Waals surface area contributed by atoms with Crippen molar-refractivity contribution in [2.75, 3.05) is 6.61 Å². The number of furan rings is 1. The van der Waals surface area contributed by atoms with E-state index in [1.165, 1.54) is 11.8 Å². The zero-order chi connectivity index (χ0) is 21.3. The molecule has 1 aliphatic heterocycles. The summed E-state index contributed by atoms with van der Waals surface area (Å²) in [7, 11) is 0. The minimum absolute atomic E-state index is 0.146. The van der Waals surface area contributed by atoms with E-state index < -0.39 is 0 Å². The normalized spacial score (nSPS) is 18.1. The Morgan fingerprint density at radius 3 is 2.77 bits per heavy atom. The molecular formula is C22H17Cl2NO3S2. The largest absolute Gasteiger partial charge is 0.498 e. The second-order valence-electron chi connectivity index (χ2n) is 6.57. The summed E-state index contributed by atoms with van der Waals surface area (Å²) in [6.07, 6.45) is 6.96. The molecule has 1 aromatic carbocycles. The van der Waals surface area contributed by atoms with E-state index in [1.807, 2.05) is 25.1 Å². The van der Waals surface area contributed by atoms with Crippen molar-refractivity contribution in [2.45, 2.75) is 19.8 Å². The minimum atomic E-state index is -0.146. The predicted molar refractivity (Wildman–Crippen MR) is 126 cm³/mol. The fourth-order valence-electron chi connectivity index (χ4n) is 3.21. The first-order valence-corrected chi connectivity index (χ1v) is 11.3. The van der Waals surface area contributed by atoms with Crippen LogP contribution in [0.5, 0.6) is 0 Å². The monoisotopic (exact) mass is 477 g/mol. The van der Waals surface area contributed by atoms with Gasteiger partial charge >= 0.3 is 0 Å². The van der Waals surface area contributed by atoms with Crippen LogP contribution in [-0.4, -0.2) is 21.7 Å². The average molecular weight is 478 g/mol. The van der Waals surface area contributed by atoms with E-state index in [2.05, 4.69) is 0 Å². The number of nitrogens with zero attached hydrogens (tertiary/aromatic N) is 1. The number of benzene rings is 1. The van der Waals surface area contributed by atoms with Gasteiger partial charge in [-0.05, 0) is 55.8 Å². The molecule has 2 heterocycles. The molecule has 0 radical (unpaired) electrons. The number of allylic oxidation sites excluding steroid dienone is 4. The third-order valence-electron chi connectivity index (χ3n) is 4.60. The van der Waals surface area contributed by atoms with E-state index in [-0.39, 0.29) is 5.91 Å². The predicted octanol–water partition coefficient (Wildman–Crippen LogP) is 7.05. The van der Waals surface area contributed by atoms with Crippen molar-refractivity contribution in [3.05, 3.63) is 74.7 Å². The molecule has 2 aromatic rings. The van der Waals surface area contributed by atoms with Gasteiger partial charge in [-0.15, -0.1) is 0 Å². The minimum Gasteiger partial charge on any atom is -0.498 e. The molecule has 0 unspecified atom stereocenters. The van der Waals surface area contributed by atoms with Crippen molar-refractivity contribution >= 4 is 63.5 Å². The molecule has 1 aromatic heterocycles. The number of hydrogen-bond acceptors (Lipinski definition) is 5. The summed E-state index contributed by atoms with van der Waals surface area (Å²) in [4.78, 5) is 15.1. The Labute approximate surface area is 194 Å². The average Bonchev–Trinajstić information content (AvgIpc) is 3.27. The number of halogens is 2. The van der Waals surface area contributed by atoms with Crippen molar-refractivity contribution in [3.8, 4) is 11.3 Å².